The van der Waals surface area contributed by atoms with E-state index in [1.54, 1.807) is 49.1 Å². The van der Waals surface area contributed by atoms with E-state index in [1.807, 2.05) is 64.2 Å². The summed E-state index contributed by atoms with van der Waals surface area (Å²) in [5.74, 6) is 0.132. The summed E-state index contributed by atoms with van der Waals surface area (Å²) in [4.78, 5) is 93.7. The number of carbonyl (C=O) groups is 4. The van der Waals surface area contributed by atoms with Crippen LogP contribution in [0.2, 0.25) is 0 Å². The molecule has 1 aliphatic heterocycles. The molecule has 390 valence electrons. The number of rotatable bonds is 19. The van der Waals surface area contributed by atoms with Crippen LogP contribution in [0.4, 0.5) is 5.69 Å². The van der Waals surface area contributed by atoms with E-state index in [4.69, 9.17) is 4.74 Å². The quantitative estimate of drug-likeness (QED) is 0.0788. The molecule has 0 radical (unpaired) electrons. The summed E-state index contributed by atoms with van der Waals surface area (Å²) in [6.45, 7) is 19.3. The minimum atomic E-state index is -0.769. The van der Waals surface area contributed by atoms with Crippen LogP contribution in [0.5, 0.6) is 0 Å². The van der Waals surface area contributed by atoms with Crippen molar-refractivity contribution < 1.29 is 23.9 Å². The van der Waals surface area contributed by atoms with Gasteiger partial charge in [0.15, 0.2) is 0 Å². The maximum absolute atomic E-state index is 13.7. The Kier molecular flexibility index (Phi) is 18.3. The average Bonchev–Trinajstić information content (AvgIpc) is 4.21. The maximum Gasteiger partial charge on any atom is 0.261 e. The predicted molar refractivity (Wildman–Crippen MR) is 289 cm³/mol. The molecule has 5 atom stereocenters. The van der Waals surface area contributed by atoms with Gasteiger partial charge in [0.2, 0.25) is 11.8 Å². The molecule has 15 nitrogen and oxygen atoms in total. The fourth-order valence-corrected chi connectivity index (χ4v) is 9.90. The van der Waals surface area contributed by atoms with Crippen LogP contribution in [0, 0.1) is 25.7 Å². The second kappa shape index (κ2) is 24.7. The Morgan fingerprint density at radius 3 is 1.91 bits per heavy atom. The standard InChI is InChI=1S/C31H37N3O3.C28H35N5O4/c1-19(2)13-28(34-12-11-24(16-29(34)36)23-9-10-23)31(37)33-27(14-22(5)35)25-15-26(18-32-17-25)30-20(3)7-6-8-21(30)4;1-18(2)11-26(33-17-30-24-8-6-5-7-23(24)28(33)36)27(35)31-25(12-20(4)34)21-13-22(15-29-14-21)32-9-10-37-16-19(32)3/h6-8,11-12,15-19,23,27-28H,9-10,13-14H2,1-5H3,(H,33,37);5-8,13-15,17-19,25-26H,9-12,16H2,1-4H3,(H,31,35)/t27-,28?;19-,25+,26-/m10/s1. The van der Waals surface area contributed by atoms with Gasteiger partial charge >= 0.3 is 0 Å². The first-order valence-electron chi connectivity index (χ1n) is 26.0. The summed E-state index contributed by atoms with van der Waals surface area (Å²) in [6.07, 6.45) is 13.6. The molecular weight excluding hydrogens is 933 g/mol. The van der Waals surface area contributed by atoms with Crippen LogP contribution >= 0.6 is 0 Å². The SMILES string of the molecule is CC(=O)C[C@@H](NC(=O)C(CC(C)C)n1ccc(C2CC2)cc1=O)c1cncc(-c2c(C)cccc2C)c1.CC(=O)C[C@@H](NC(=O)[C@H](CC(C)C)n1cnc2ccccc2c1=O)c1cncc(N2CCOC[C@@H]2C)c1. The summed E-state index contributed by atoms with van der Waals surface area (Å²) >= 11 is 0. The summed E-state index contributed by atoms with van der Waals surface area (Å²) in [5, 5.41) is 6.61. The second-order valence-corrected chi connectivity index (χ2v) is 21.0. The van der Waals surface area contributed by atoms with Gasteiger partial charge in [0.1, 0.15) is 23.7 Å². The Hall–Kier alpha value is -7.13. The van der Waals surface area contributed by atoms with Gasteiger partial charge in [-0.2, -0.15) is 0 Å². The number of hydrogen-bond donors (Lipinski definition) is 2. The van der Waals surface area contributed by atoms with Crippen LogP contribution in [0.3, 0.4) is 0 Å². The van der Waals surface area contributed by atoms with E-state index in [1.165, 1.54) is 29.3 Å². The number of Topliss-reactive ketones (excluding diaryl/α,β-unsaturated/α-hetero) is 2. The number of ether oxygens (including phenoxy) is 1. The number of para-hydroxylation sites is 1. The van der Waals surface area contributed by atoms with Gasteiger partial charge in [0.25, 0.3) is 11.1 Å². The van der Waals surface area contributed by atoms with Gasteiger partial charge in [-0.05, 0) is 142 Å². The van der Waals surface area contributed by atoms with Crippen LogP contribution in [0.25, 0.3) is 22.0 Å². The number of carbonyl (C=O) groups excluding carboxylic acids is 4. The lowest BCUT2D eigenvalue weighted by Crippen LogP contribution is -2.44. The molecule has 15 heteroatoms. The fourth-order valence-electron chi connectivity index (χ4n) is 9.90. The van der Waals surface area contributed by atoms with E-state index in [0.717, 1.165) is 64.0 Å². The molecule has 2 N–H and O–H groups in total. The third-order valence-electron chi connectivity index (χ3n) is 13.8. The van der Waals surface area contributed by atoms with E-state index in [9.17, 15) is 28.8 Å². The molecule has 5 heterocycles. The second-order valence-electron chi connectivity index (χ2n) is 21.0. The Balaban J connectivity index is 0.000000216. The van der Waals surface area contributed by atoms with Crippen molar-refractivity contribution in [1.29, 1.82) is 0 Å². The number of aromatic nitrogens is 5. The highest BCUT2D eigenvalue weighted by atomic mass is 16.5. The molecule has 4 aromatic heterocycles. The highest BCUT2D eigenvalue weighted by molar-refractivity contribution is 5.84. The zero-order valence-electron chi connectivity index (χ0n) is 44.3. The number of anilines is 1. The Bertz CT molecular complexity index is 3070. The molecule has 2 fully saturated rings. The van der Waals surface area contributed by atoms with E-state index >= 15 is 0 Å². The molecule has 1 aliphatic carbocycles. The smallest absolute Gasteiger partial charge is 0.261 e. The largest absolute Gasteiger partial charge is 0.377 e. The van der Waals surface area contributed by atoms with Crippen molar-refractivity contribution in [1.82, 2.24) is 34.7 Å². The van der Waals surface area contributed by atoms with Gasteiger partial charge < -0.3 is 24.8 Å². The van der Waals surface area contributed by atoms with Crippen LogP contribution in [0.15, 0.2) is 114 Å². The molecule has 1 saturated carbocycles. The number of morpholine rings is 1. The first kappa shape index (κ1) is 54.6. The Labute approximate surface area is 434 Å². The number of fused-ring (bicyclic) bond motifs is 1. The third kappa shape index (κ3) is 13.9. The molecule has 0 bridgehead atoms. The van der Waals surface area contributed by atoms with Crippen molar-refractivity contribution in [3.8, 4) is 11.1 Å². The van der Waals surface area contributed by atoms with Crippen molar-refractivity contribution in [3.63, 3.8) is 0 Å². The third-order valence-corrected chi connectivity index (χ3v) is 13.8. The van der Waals surface area contributed by atoms with Crippen molar-refractivity contribution in [2.75, 3.05) is 24.7 Å². The lowest BCUT2D eigenvalue weighted by molar-refractivity contribution is -0.127. The van der Waals surface area contributed by atoms with Gasteiger partial charge in [0.05, 0.1) is 54.4 Å². The van der Waals surface area contributed by atoms with Crippen molar-refractivity contribution >= 4 is 40.0 Å². The van der Waals surface area contributed by atoms with Crippen molar-refractivity contribution in [2.24, 2.45) is 11.8 Å². The zero-order valence-corrected chi connectivity index (χ0v) is 44.3. The summed E-state index contributed by atoms with van der Waals surface area (Å²) in [5.41, 5.74) is 7.96. The van der Waals surface area contributed by atoms with E-state index in [2.05, 4.69) is 63.4 Å². The normalized spacial score (nSPS) is 16.2. The van der Waals surface area contributed by atoms with Gasteiger partial charge in [-0.25, -0.2) is 4.98 Å². The molecule has 74 heavy (non-hydrogen) atoms. The lowest BCUT2D eigenvalue weighted by atomic mass is 9.94. The van der Waals surface area contributed by atoms with Gasteiger partial charge in [0, 0.05) is 61.8 Å². The number of amides is 2. The predicted octanol–water partition coefficient (Wildman–Crippen LogP) is 9.27. The molecule has 2 aromatic carbocycles. The number of hydrogen-bond acceptors (Lipinski definition) is 11. The number of nitrogens with one attached hydrogen (secondary N) is 2. The zero-order chi connectivity index (χ0) is 53.2. The fraction of sp³-hybridized carbons (Fsp3) is 0.441. The average molecular weight is 1010 g/mol. The highest BCUT2D eigenvalue weighted by Crippen LogP contribution is 2.39. The van der Waals surface area contributed by atoms with Gasteiger partial charge in [-0.3, -0.25) is 43.3 Å². The number of pyridine rings is 3. The molecule has 6 aromatic rings. The van der Waals surface area contributed by atoms with E-state index < -0.39 is 24.2 Å². The minimum Gasteiger partial charge on any atom is -0.377 e. The summed E-state index contributed by atoms with van der Waals surface area (Å²) in [6, 6.07) is 18.5. The Morgan fingerprint density at radius 2 is 1.32 bits per heavy atom. The molecule has 2 aliphatic rings. The minimum absolute atomic E-state index is 0.0332. The topological polar surface area (TPSA) is 187 Å². The molecule has 2 amide bonds. The van der Waals surface area contributed by atoms with E-state index in [0.29, 0.717) is 42.9 Å². The van der Waals surface area contributed by atoms with Gasteiger partial charge in [-0.1, -0.05) is 58.0 Å². The number of aryl methyl sites for hydroxylation is 2. The first-order valence-corrected chi connectivity index (χ1v) is 26.0. The number of benzene rings is 2. The number of nitrogens with zero attached hydrogens (tertiary/aromatic N) is 6. The van der Waals surface area contributed by atoms with Crippen LogP contribution < -0.4 is 26.7 Å². The lowest BCUT2D eigenvalue weighted by Gasteiger charge is -2.35. The summed E-state index contributed by atoms with van der Waals surface area (Å²) < 4.78 is 8.50. The van der Waals surface area contributed by atoms with Crippen molar-refractivity contribution in [2.45, 2.75) is 137 Å². The molecule has 1 unspecified atom stereocenters. The maximum atomic E-state index is 13.7. The van der Waals surface area contributed by atoms with Crippen LogP contribution in [0.1, 0.15) is 145 Å². The van der Waals surface area contributed by atoms with Crippen LogP contribution in [-0.4, -0.2) is 73.3 Å². The van der Waals surface area contributed by atoms with Gasteiger partial charge in [-0.15, -0.1) is 0 Å². The summed E-state index contributed by atoms with van der Waals surface area (Å²) in [7, 11) is 0. The van der Waals surface area contributed by atoms with Crippen molar-refractivity contribution in [3.05, 3.63) is 153 Å². The van der Waals surface area contributed by atoms with E-state index in [-0.39, 0.29) is 65.2 Å². The Morgan fingerprint density at radius 1 is 0.730 bits per heavy atom. The molecule has 0 spiro atoms. The van der Waals surface area contributed by atoms with Crippen LogP contribution in [-0.2, 0) is 23.9 Å². The molecule has 1 saturated heterocycles. The molecular formula is C59H72N8O7. The first-order chi connectivity index (χ1) is 35.4. The highest BCUT2D eigenvalue weighted by Gasteiger charge is 2.31. The number of ketones is 2. The molecule has 8 rings (SSSR count). The monoisotopic (exact) mass is 1000 g/mol.